The first-order chi connectivity index (χ1) is 12.7. The minimum atomic E-state index is -0.108. The molecule has 26 heavy (non-hydrogen) atoms. The number of aromatic nitrogens is 1. The Balaban J connectivity index is 1.99. The molecule has 5 nitrogen and oxygen atoms in total. The molecule has 0 bridgehead atoms. The quantitative estimate of drug-likeness (QED) is 0.661. The van der Waals surface area contributed by atoms with Gasteiger partial charge in [0.1, 0.15) is 5.75 Å². The monoisotopic (exact) mass is 350 g/mol. The highest BCUT2D eigenvalue weighted by molar-refractivity contribution is 6.07. The van der Waals surface area contributed by atoms with E-state index >= 15 is 0 Å². The van der Waals surface area contributed by atoms with Crippen LogP contribution in [0.1, 0.15) is 16.8 Å². The Morgan fingerprint density at radius 2 is 1.92 bits per heavy atom. The third kappa shape index (κ3) is 4.00. The predicted molar refractivity (Wildman–Crippen MR) is 103 cm³/mol. The molecule has 0 saturated carbocycles. The number of carbonyl (C=O) groups is 1. The van der Waals surface area contributed by atoms with Crippen molar-refractivity contribution in [1.82, 2.24) is 10.3 Å². The molecule has 0 radical (unpaired) electrons. The normalized spacial score (nSPS) is 10.7. The maximum Gasteiger partial charge on any atom is 0.252 e. The Hall–Kier alpha value is -2.92. The number of rotatable bonds is 7. The number of pyridine rings is 1. The van der Waals surface area contributed by atoms with E-state index in [-0.39, 0.29) is 5.91 Å². The lowest BCUT2D eigenvalue weighted by molar-refractivity contribution is 0.0950. The Kier molecular flexibility index (Phi) is 5.81. The van der Waals surface area contributed by atoms with Crippen molar-refractivity contribution in [1.29, 1.82) is 0 Å². The fourth-order valence-electron chi connectivity index (χ4n) is 2.81. The number of fused-ring (bicyclic) bond motifs is 1. The Morgan fingerprint density at radius 1 is 1.08 bits per heavy atom. The minimum absolute atomic E-state index is 0.108. The zero-order valence-corrected chi connectivity index (χ0v) is 15.0. The van der Waals surface area contributed by atoms with Gasteiger partial charge in [-0.25, -0.2) is 4.98 Å². The molecule has 1 heterocycles. The number of ether oxygens (including phenoxy) is 2. The van der Waals surface area contributed by atoms with E-state index < -0.39 is 0 Å². The zero-order valence-electron chi connectivity index (χ0n) is 15.0. The van der Waals surface area contributed by atoms with Crippen molar-refractivity contribution in [2.24, 2.45) is 0 Å². The van der Waals surface area contributed by atoms with Gasteiger partial charge in [-0.3, -0.25) is 4.79 Å². The van der Waals surface area contributed by atoms with Crippen molar-refractivity contribution in [3.8, 4) is 17.0 Å². The van der Waals surface area contributed by atoms with E-state index in [9.17, 15) is 4.79 Å². The van der Waals surface area contributed by atoms with Crippen molar-refractivity contribution < 1.29 is 14.3 Å². The lowest BCUT2D eigenvalue weighted by atomic mass is 10.0. The number of hydrogen-bond donors (Lipinski definition) is 1. The summed E-state index contributed by atoms with van der Waals surface area (Å²) in [4.78, 5) is 17.4. The van der Waals surface area contributed by atoms with Gasteiger partial charge in [-0.2, -0.15) is 0 Å². The van der Waals surface area contributed by atoms with E-state index in [0.717, 1.165) is 34.3 Å². The number of amides is 1. The predicted octanol–water partition coefficient (Wildman–Crippen LogP) is 3.68. The Bertz CT molecular complexity index is 909. The van der Waals surface area contributed by atoms with E-state index in [0.29, 0.717) is 18.7 Å². The number of methoxy groups -OCH3 is 2. The van der Waals surface area contributed by atoms with Crippen molar-refractivity contribution >= 4 is 16.8 Å². The fraction of sp³-hybridized carbons (Fsp3) is 0.238. The molecule has 0 aliphatic carbocycles. The maximum atomic E-state index is 12.7. The van der Waals surface area contributed by atoms with Crippen LogP contribution < -0.4 is 10.1 Å². The van der Waals surface area contributed by atoms with Gasteiger partial charge in [0, 0.05) is 31.2 Å². The van der Waals surface area contributed by atoms with Gasteiger partial charge in [0.05, 0.1) is 23.9 Å². The molecule has 1 amide bonds. The van der Waals surface area contributed by atoms with Crippen LogP contribution in [0.3, 0.4) is 0 Å². The molecule has 1 N–H and O–H groups in total. The smallest absolute Gasteiger partial charge is 0.252 e. The molecule has 1 aromatic heterocycles. The average molecular weight is 350 g/mol. The third-order valence-electron chi connectivity index (χ3n) is 4.14. The van der Waals surface area contributed by atoms with Gasteiger partial charge in [-0.1, -0.05) is 30.3 Å². The van der Waals surface area contributed by atoms with E-state index in [1.807, 2.05) is 54.6 Å². The summed E-state index contributed by atoms with van der Waals surface area (Å²) in [6.07, 6.45) is 0.772. The van der Waals surface area contributed by atoms with Crippen molar-refractivity contribution in [3.05, 3.63) is 60.2 Å². The number of para-hydroxylation sites is 1. The summed E-state index contributed by atoms with van der Waals surface area (Å²) in [6.45, 7) is 1.18. The highest BCUT2D eigenvalue weighted by Gasteiger charge is 2.14. The highest BCUT2D eigenvalue weighted by atomic mass is 16.5. The molecule has 134 valence electrons. The average Bonchev–Trinajstić information content (AvgIpc) is 2.70. The standard InChI is InChI=1S/C21H22N2O3/c1-25-12-6-11-22-21(24)18-14-20(15-7-5-8-16(13-15)26-2)23-19-10-4-3-9-17(18)19/h3-5,7-10,13-14H,6,11-12H2,1-2H3,(H,22,24). The van der Waals surface area contributed by atoms with E-state index in [2.05, 4.69) is 5.32 Å². The van der Waals surface area contributed by atoms with Gasteiger partial charge in [0.25, 0.3) is 5.91 Å². The lowest BCUT2D eigenvalue weighted by Gasteiger charge is -2.11. The highest BCUT2D eigenvalue weighted by Crippen LogP contribution is 2.27. The second-order valence-electron chi connectivity index (χ2n) is 5.91. The molecule has 3 rings (SSSR count). The minimum Gasteiger partial charge on any atom is -0.497 e. The maximum absolute atomic E-state index is 12.7. The molecular weight excluding hydrogens is 328 g/mol. The lowest BCUT2D eigenvalue weighted by Crippen LogP contribution is -2.25. The van der Waals surface area contributed by atoms with Gasteiger partial charge in [0.15, 0.2) is 0 Å². The molecule has 0 fully saturated rings. The van der Waals surface area contributed by atoms with E-state index in [1.165, 1.54) is 0 Å². The number of nitrogens with one attached hydrogen (secondary N) is 1. The summed E-state index contributed by atoms with van der Waals surface area (Å²) in [5.41, 5.74) is 3.05. The van der Waals surface area contributed by atoms with E-state index in [1.54, 1.807) is 14.2 Å². The van der Waals surface area contributed by atoms with Crippen LogP contribution in [-0.4, -0.2) is 38.3 Å². The number of nitrogens with zero attached hydrogens (tertiary/aromatic N) is 1. The number of benzene rings is 2. The van der Waals surface area contributed by atoms with Crippen LogP contribution in [0.2, 0.25) is 0 Å². The molecule has 0 aliphatic rings. The Labute approximate surface area is 153 Å². The summed E-state index contributed by atoms with van der Waals surface area (Å²) in [5, 5.41) is 3.79. The Morgan fingerprint density at radius 3 is 2.73 bits per heavy atom. The fourth-order valence-corrected chi connectivity index (χ4v) is 2.81. The van der Waals surface area contributed by atoms with Crippen molar-refractivity contribution in [2.45, 2.75) is 6.42 Å². The SMILES string of the molecule is COCCCNC(=O)c1cc(-c2cccc(OC)c2)nc2ccccc12. The second-order valence-corrected chi connectivity index (χ2v) is 5.91. The van der Waals surface area contributed by atoms with Crippen LogP contribution in [0.15, 0.2) is 54.6 Å². The van der Waals surface area contributed by atoms with Crippen LogP contribution in [0, 0.1) is 0 Å². The molecule has 0 saturated heterocycles. The largest absolute Gasteiger partial charge is 0.497 e. The number of hydrogen-bond acceptors (Lipinski definition) is 4. The third-order valence-corrected chi connectivity index (χ3v) is 4.14. The summed E-state index contributed by atoms with van der Waals surface area (Å²) < 4.78 is 10.3. The van der Waals surface area contributed by atoms with Gasteiger partial charge < -0.3 is 14.8 Å². The van der Waals surface area contributed by atoms with Crippen molar-refractivity contribution in [3.63, 3.8) is 0 Å². The molecule has 0 atom stereocenters. The van der Waals surface area contributed by atoms with Gasteiger partial charge in [0.2, 0.25) is 0 Å². The molecular formula is C21H22N2O3. The van der Waals surface area contributed by atoms with Gasteiger partial charge >= 0.3 is 0 Å². The van der Waals surface area contributed by atoms with Gasteiger partial charge in [-0.05, 0) is 30.7 Å². The topological polar surface area (TPSA) is 60.5 Å². The van der Waals surface area contributed by atoms with Crippen LogP contribution >= 0.6 is 0 Å². The summed E-state index contributed by atoms with van der Waals surface area (Å²) in [7, 11) is 3.28. The van der Waals surface area contributed by atoms with E-state index in [4.69, 9.17) is 14.5 Å². The molecule has 3 aromatic rings. The molecule has 0 aliphatic heterocycles. The first-order valence-electron chi connectivity index (χ1n) is 8.54. The first kappa shape index (κ1) is 17.9. The van der Waals surface area contributed by atoms with Crippen molar-refractivity contribution in [2.75, 3.05) is 27.4 Å². The second kappa shape index (κ2) is 8.45. The summed E-state index contributed by atoms with van der Waals surface area (Å²) in [5.74, 6) is 0.645. The zero-order chi connectivity index (χ0) is 18.4. The molecule has 5 heteroatoms. The number of carbonyl (C=O) groups excluding carboxylic acids is 1. The van der Waals surface area contributed by atoms with Crippen LogP contribution in [-0.2, 0) is 4.74 Å². The van der Waals surface area contributed by atoms with Crippen LogP contribution in [0.25, 0.3) is 22.2 Å². The first-order valence-corrected chi connectivity index (χ1v) is 8.54. The molecule has 0 unspecified atom stereocenters. The summed E-state index contributed by atoms with van der Waals surface area (Å²) in [6, 6.07) is 17.2. The summed E-state index contributed by atoms with van der Waals surface area (Å²) >= 11 is 0. The van der Waals surface area contributed by atoms with Crippen LogP contribution in [0.5, 0.6) is 5.75 Å². The van der Waals surface area contributed by atoms with Gasteiger partial charge in [-0.15, -0.1) is 0 Å². The molecule has 0 spiro atoms. The van der Waals surface area contributed by atoms with Crippen LogP contribution in [0.4, 0.5) is 0 Å². The molecule has 2 aromatic carbocycles.